The Morgan fingerprint density at radius 2 is 1.52 bits per heavy atom. The van der Waals surface area contributed by atoms with E-state index in [1.54, 1.807) is 32.4 Å². The van der Waals surface area contributed by atoms with E-state index in [4.69, 9.17) is 14.2 Å². The second-order valence-electron chi connectivity index (χ2n) is 5.02. The van der Waals surface area contributed by atoms with Crippen LogP contribution in [0.3, 0.4) is 0 Å². The van der Waals surface area contributed by atoms with Crippen molar-refractivity contribution in [2.75, 3.05) is 54.1 Å². The Morgan fingerprint density at radius 3 is 2.05 bits per heavy atom. The van der Waals surface area contributed by atoms with E-state index < -0.39 is 0 Å². The van der Waals surface area contributed by atoms with Gasteiger partial charge in [-0.15, -0.1) is 0 Å². The Morgan fingerprint density at radius 1 is 1.00 bits per heavy atom. The summed E-state index contributed by atoms with van der Waals surface area (Å²) >= 11 is 0. The van der Waals surface area contributed by atoms with Gasteiger partial charge in [0.05, 0.1) is 14.2 Å². The van der Waals surface area contributed by atoms with E-state index in [1.165, 1.54) is 0 Å². The number of piperazine rings is 1. The number of benzene rings is 1. The molecule has 0 aliphatic carbocycles. The van der Waals surface area contributed by atoms with Crippen molar-refractivity contribution in [2.24, 2.45) is 0 Å². The van der Waals surface area contributed by atoms with E-state index in [2.05, 4.69) is 11.9 Å². The fourth-order valence-electron chi connectivity index (χ4n) is 2.16. The van der Waals surface area contributed by atoms with Crippen LogP contribution >= 0.6 is 0 Å². The average Bonchev–Trinajstić information content (AvgIpc) is 2.52. The molecule has 0 unspecified atom stereocenters. The van der Waals surface area contributed by atoms with Gasteiger partial charge >= 0.3 is 0 Å². The zero-order chi connectivity index (χ0) is 15.2. The first-order valence-corrected chi connectivity index (χ1v) is 6.94. The number of amides is 1. The number of rotatable bonds is 5. The Kier molecular flexibility index (Phi) is 5.27. The van der Waals surface area contributed by atoms with Crippen molar-refractivity contribution in [3.05, 3.63) is 18.2 Å². The normalized spacial score (nSPS) is 15.7. The third kappa shape index (κ3) is 4.26. The lowest BCUT2D eigenvalue weighted by Crippen LogP contribution is -2.48. The van der Waals surface area contributed by atoms with Gasteiger partial charge in [-0.2, -0.15) is 0 Å². The van der Waals surface area contributed by atoms with Crippen molar-refractivity contribution < 1.29 is 19.0 Å². The molecule has 1 fully saturated rings. The third-order valence-electron chi connectivity index (χ3n) is 3.54. The molecule has 6 heteroatoms. The predicted molar refractivity (Wildman–Crippen MR) is 79.1 cm³/mol. The molecule has 0 saturated carbocycles. The SMILES string of the molecule is COc1cc(OC)cc(OCC(=O)N2CCN(C)CC2)c1. The molecule has 0 spiro atoms. The first-order valence-electron chi connectivity index (χ1n) is 6.94. The Bertz CT molecular complexity index is 462. The van der Waals surface area contributed by atoms with Crippen LogP contribution in [0.25, 0.3) is 0 Å². The highest BCUT2D eigenvalue weighted by Gasteiger charge is 2.19. The summed E-state index contributed by atoms with van der Waals surface area (Å²) in [5.41, 5.74) is 0. The topological polar surface area (TPSA) is 51.2 Å². The number of carbonyl (C=O) groups is 1. The third-order valence-corrected chi connectivity index (χ3v) is 3.54. The number of nitrogens with zero attached hydrogens (tertiary/aromatic N) is 2. The van der Waals surface area contributed by atoms with Gasteiger partial charge in [-0.3, -0.25) is 4.79 Å². The molecule has 1 amide bonds. The largest absolute Gasteiger partial charge is 0.496 e. The number of methoxy groups -OCH3 is 2. The lowest BCUT2D eigenvalue weighted by Gasteiger charge is -2.32. The molecule has 1 saturated heterocycles. The van der Waals surface area contributed by atoms with Gasteiger partial charge in [0.25, 0.3) is 5.91 Å². The second kappa shape index (κ2) is 7.17. The van der Waals surface area contributed by atoms with Gasteiger partial charge in [0, 0.05) is 44.4 Å². The lowest BCUT2D eigenvalue weighted by atomic mass is 10.3. The van der Waals surface area contributed by atoms with E-state index in [9.17, 15) is 4.79 Å². The standard InChI is InChI=1S/C15H22N2O4/c1-16-4-6-17(7-5-16)15(18)11-21-14-9-12(19-2)8-13(10-14)20-3/h8-10H,4-7,11H2,1-3H3. The van der Waals surface area contributed by atoms with Crippen molar-refractivity contribution in [3.63, 3.8) is 0 Å². The minimum atomic E-state index is 0.00452. The molecule has 2 rings (SSSR count). The zero-order valence-corrected chi connectivity index (χ0v) is 12.8. The summed E-state index contributed by atoms with van der Waals surface area (Å²) < 4.78 is 15.9. The minimum absolute atomic E-state index is 0.00452. The Labute approximate surface area is 125 Å². The summed E-state index contributed by atoms with van der Waals surface area (Å²) in [7, 11) is 5.21. The summed E-state index contributed by atoms with van der Waals surface area (Å²) in [6.45, 7) is 3.33. The fraction of sp³-hybridized carbons (Fsp3) is 0.533. The molecular formula is C15H22N2O4. The number of hydrogen-bond donors (Lipinski definition) is 0. The van der Waals surface area contributed by atoms with Gasteiger partial charge in [-0.1, -0.05) is 0 Å². The summed E-state index contributed by atoms with van der Waals surface area (Å²) in [4.78, 5) is 16.1. The predicted octanol–water partition coefficient (Wildman–Crippen LogP) is 0.857. The molecule has 0 aromatic heterocycles. The quantitative estimate of drug-likeness (QED) is 0.806. The van der Waals surface area contributed by atoms with Gasteiger partial charge in [0.1, 0.15) is 17.2 Å². The molecule has 1 aliphatic rings. The van der Waals surface area contributed by atoms with Crippen LogP contribution in [-0.2, 0) is 4.79 Å². The molecular weight excluding hydrogens is 272 g/mol. The first kappa shape index (κ1) is 15.4. The van der Waals surface area contributed by atoms with Crippen LogP contribution in [0.2, 0.25) is 0 Å². The highest BCUT2D eigenvalue weighted by molar-refractivity contribution is 5.78. The zero-order valence-electron chi connectivity index (χ0n) is 12.8. The van der Waals surface area contributed by atoms with Gasteiger partial charge < -0.3 is 24.0 Å². The summed E-state index contributed by atoms with van der Waals surface area (Å²) in [6, 6.07) is 5.23. The molecule has 1 aromatic rings. The van der Waals surface area contributed by atoms with Crippen LogP contribution in [0.1, 0.15) is 0 Å². The Hall–Kier alpha value is -1.95. The molecule has 0 radical (unpaired) electrons. The second-order valence-corrected chi connectivity index (χ2v) is 5.02. The van der Waals surface area contributed by atoms with Gasteiger partial charge in [0.15, 0.2) is 6.61 Å². The van der Waals surface area contributed by atoms with E-state index in [0.717, 1.165) is 26.2 Å². The molecule has 0 N–H and O–H groups in total. The maximum absolute atomic E-state index is 12.1. The van der Waals surface area contributed by atoms with Crippen molar-refractivity contribution in [1.82, 2.24) is 9.80 Å². The van der Waals surface area contributed by atoms with Crippen LogP contribution in [0.4, 0.5) is 0 Å². The molecule has 0 atom stereocenters. The van der Waals surface area contributed by atoms with Crippen LogP contribution in [0.15, 0.2) is 18.2 Å². The molecule has 1 aromatic carbocycles. The molecule has 0 bridgehead atoms. The van der Waals surface area contributed by atoms with Crippen molar-refractivity contribution in [3.8, 4) is 17.2 Å². The van der Waals surface area contributed by atoms with Gasteiger partial charge in [-0.25, -0.2) is 0 Å². The van der Waals surface area contributed by atoms with Crippen LogP contribution in [0, 0.1) is 0 Å². The molecule has 6 nitrogen and oxygen atoms in total. The number of ether oxygens (including phenoxy) is 3. The molecule has 21 heavy (non-hydrogen) atoms. The summed E-state index contributed by atoms with van der Waals surface area (Å²) in [6.07, 6.45) is 0. The van der Waals surface area contributed by atoms with Gasteiger partial charge in [-0.05, 0) is 7.05 Å². The van der Waals surface area contributed by atoms with E-state index in [1.807, 2.05) is 4.90 Å². The Balaban J connectivity index is 1.91. The van der Waals surface area contributed by atoms with Crippen molar-refractivity contribution >= 4 is 5.91 Å². The van der Waals surface area contributed by atoms with Crippen molar-refractivity contribution in [1.29, 1.82) is 0 Å². The van der Waals surface area contributed by atoms with Crippen LogP contribution in [0.5, 0.6) is 17.2 Å². The highest BCUT2D eigenvalue weighted by atomic mass is 16.5. The summed E-state index contributed by atoms with van der Waals surface area (Å²) in [5.74, 6) is 1.84. The maximum atomic E-state index is 12.1. The van der Waals surface area contributed by atoms with E-state index in [-0.39, 0.29) is 12.5 Å². The maximum Gasteiger partial charge on any atom is 0.260 e. The van der Waals surface area contributed by atoms with E-state index >= 15 is 0 Å². The van der Waals surface area contributed by atoms with Gasteiger partial charge in [0.2, 0.25) is 0 Å². The molecule has 1 aliphatic heterocycles. The summed E-state index contributed by atoms with van der Waals surface area (Å²) in [5, 5.41) is 0. The minimum Gasteiger partial charge on any atom is -0.496 e. The van der Waals surface area contributed by atoms with Crippen LogP contribution < -0.4 is 14.2 Å². The van der Waals surface area contributed by atoms with Crippen LogP contribution in [-0.4, -0.2) is 69.8 Å². The fourth-order valence-corrected chi connectivity index (χ4v) is 2.16. The molecule has 116 valence electrons. The smallest absolute Gasteiger partial charge is 0.260 e. The van der Waals surface area contributed by atoms with E-state index in [0.29, 0.717) is 17.2 Å². The number of likely N-dealkylation sites (N-methyl/N-ethyl adjacent to an activating group) is 1. The first-order chi connectivity index (χ1) is 10.1. The molecule has 1 heterocycles. The lowest BCUT2D eigenvalue weighted by molar-refractivity contribution is -0.134. The number of carbonyl (C=O) groups excluding carboxylic acids is 1. The monoisotopic (exact) mass is 294 g/mol. The number of hydrogen-bond acceptors (Lipinski definition) is 5. The van der Waals surface area contributed by atoms with Crippen molar-refractivity contribution in [2.45, 2.75) is 0 Å². The highest BCUT2D eigenvalue weighted by Crippen LogP contribution is 2.27. The average molecular weight is 294 g/mol.